The van der Waals surface area contributed by atoms with Crippen LogP contribution in [0.2, 0.25) is 0 Å². The third kappa shape index (κ3) is 2.23. The molecule has 1 aliphatic carbocycles. The number of methoxy groups -OCH3 is 1. The number of hydrogen-bond acceptors (Lipinski definition) is 3. The fourth-order valence-electron chi connectivity index (χ4n) is 2.36. The first-order valence-electron chi connectivity index (χ1n) is 5.64. The van der Waals surface area contributed by atoms with Crippen molar-refractivity contribution in [2.45, 2.75) is 19.3 Å². The summed E-state index contributed by atoms with van der Waals surface area (Å²) in [5.41, 5.74) is 2.42. The van der Waals surface area contributed by atoms with Crippen LogP contribution in [0.25, 0.3) is 4.98 Å². The summed E-state index contributed by atoms with van der Waals surface area (Å²) >= 11 is 0. The maximum absolute atomic E-state index is 9.73. The molecule has 0 bridgehead atoms. The average molecular weight is 231 g/mol. The van der Waals surface area contributed by atoms with Gasteiger partial charge in [0.1, 0.15) is 5.75 Å². The molecule has 0 radical (unpaired) electrons. The van der Waals surface area contributed by atoms with Gasteiger partial charge in [-0.3, -0.25) is 0 Å². The van der Waals surface area contributed by atoms with Gasteiger partial charge in [0, 0.05) is 5.92 Å². The second kappa shape index (κ2) is 4.88. The molecule has 1 aromatic carbocycles. The summed E-state index contributed by atoms with van der Waals surface area (Å²) in [5.74, 6) is 1.000. The number of rotatable bonds is 2. The number of nitrogens with zero attached hydrogens (tertiary/aromatic N) is 2. The summed E-state index contributed by atoms with van der Waals surface area (Å²) in [6.07, 6.45) is 3.58. The normalized spacial score (nSPS) is 19.3. The maximum Gasteiger partial charge on any atom is 0.387 e. The Bertz CT molecular complexity index is 474. The first-order valence-corrected chi connectivity index (χ1v) is 5.64. The SMILES string of the molecule is COc1cccc2c1CC(/C(O)=C/[N+]#N)CC2. The highest BCUT2D eigenvalue weighted by Crippen LogP contribution is 2.34. The number of aliphatic hydroxyl groups is 1. The number of aryl methyl sites for hydroxylation is 1. The van der Waals surface area contributed by atoms with Crippen molar-refractivity contribution in [2.75, 3.05) is 7.11 Å². The summed E-state index contributed by atoms with van der Waals surface area (Å²) < 4.78 is 5.33. The minimum atomic E-state index is 0.00898. The van der Waals surface area contributed by atoms with Gasteiger partial charge in [0.25, 0.3) is 0 Å². The predicted octanol–water partition coefficient (Wildman–Crippen LogP) is 3.05. The van der Waals surface area contributed by atoms with Crippen LogP contribution in [0.4, 0.5) is 0 Å². The van der Waals surface area contributed by atoms with E-state index >= 15 is 0 Å². The van der Waals surface area contributed by atoms with Crippen molar-refractivity contribution in [2.24, 2.45) is 5.92 Å². The standard InChI is InChI=1S/C13H14N2O2/c1-17-13-4-2-3-9-5-6-10(7-11(9)13)12(16)8-15-14/h2-4,8,10H,5-7H2,1H3/p+1/b12-8-. The average Bonchev–Trinajstić information content (AvgIpc) is 2.37. The van der Waals surface area contributed by atoms with Gasteiger partial charge < -0.3 is 9.84 Å². The van der Waals surface area contributed by atoms with Crippen molar-refractivity contribution < 1.29 is 9.84 Å². The summed E-state index contributed by atoms with van der Waals surface area (Å²) in [6, 6.07) is 6.00. The molecule has 4 nitrogen and oxygen atoms in total. The van der Waals surface area contributed by atoms with E-state index in [1.165, 1.54) is 5.56 Å². The van der Waals surface area contributed by atoms with E-state index in [1.54, 1.807) is 7.11 Å². The largest absolute Gasteiger partial charge is 0.505 e. The van der Waals surface area contributed by atoms with Gasteiger partial charge in [-0.05, 0) is 36.5 Å². The highest BCUT2D eigenvalue weighted by atomic mass is 16.5. The zero-order valence-corrected chi connectivity index (χ0v) is 9.76. The lowest BCUT2D eigenvalue weighted by atomic mass is 9.82. The first kappa shape index (κ1) is 11.5. The predicted molar refractivity (Wildman–Crippen MR) is 64.3 cm³/mol. The Labute approximate surface area is 100 Å². The number of fused-ring (bicyclic) bond motifs is 1. The Morgan fingerprint density at radius 3 is 3.12 bits per heavy atom. The van der Waals surface area contributed by atoms with Crippen LogP contribution in [-0.4, -0.2) is 12.2 Å². The van der Waals surface area contributed by atoms with E-state index in [1.807, 2.05) is 12.1 Å². The van der Waals surface area contributed by atoms with Gasteiger partial charge in [0.05, 0.1) is 7.11 Å². The molecule has 1 aromatic rings. The molecule has 0 spiro atoms. The molecule has 0 saturated heterocycles. The third-order valence-electron chi connectivity index (χ3n) is 3.27. The van der Waals surface area contributed by atoms with Crippen molar-refractivity contribution >= 4 is 0 Å². The molecule has 1 atom stereocenters. The van der Waals surface area contributed by atoms with Crippen molar-refractivity contribution in [1.29, 1.82) is 5.39 Å². The maximum atomic E-state index is 9.73. The lowest BCUT2D eigenvalue weighted by Crippen LogP contribution is -2.17. The van der Waals surface area contributed by atoms with Crippen LogP contribution in [0, 0.1) is 11.3 Å². The van der Waals surface area contributed by atoms with Crippen LogP contribution >= 0.6 is 0 Å². The van der Waals surface area contributed by atoms with Crippen molar-refractivity contribution in [3.8, 4) is 5.75 Å². The highest BCUT2D eigenvalue weighted by molar-refractivity contribution is 5.42. The molecule has 0 aliphatic heterocycles. The summed E-state index contributed by atoms with van der Waals surface area (Å²) in [7, 11) is 1.65. The molecule has 2 rings (SSSR count). The van der Waals surface area contributed by atoms with E-state index in [0.717, 1.165) is 36.8 Å². The number of aliphatic hydroxyl groups excluding tert-OH is 1. The number of hydrogen-bond donors (Lipinski definition) is 1. The van der Waals surface area contributed by atoms with Crippen LogP contribution in [-0.2, 0) is 12.8 Å². The van der Waals surface area contributed by atoms with Gasteiger partial charge in [0.2, 0.25) is 5.39 Å². The topological polar surface area (TPSA) is 57.6 Å². The van der Waals surface area contributed by atoms with Crippen molar-refractivity contribution in [3.63, 3.8) is 0 Å². The smallest absolute Gasteiger partial charge is 0.387 e. The Kier molecular flexibility index (Phi) is 3.29. The molecule has 1 N–H and O–H groups in total. The van der Waals surface area contributed by atoms with E-state index in [9.17, 15) is 5.11 Å². The monoisotopic (exact) mass is 231 g/mol. The fraction of sp³-hybridized carbons (Fsp3) is 0.385. The van der Waals surface area contributed by atoms with Gasteiger partial charge in [0.15, 0.2) is 10.7 Å². The van der Waals surface area contributed by atoms with E-state index in [2.05, 4.69) is 11.0 Å². The van der Waals surface area contributed by atoms with Gasteiger partial charge in [-0.15, -0.1) is 0 Å². The van der Waals surface area contributed by atoms with Crippen LogP contribution in [0.15, 0.2) is 30.2 Å². The quantitative estimate of drug-likeness (QED) is 0.628. The first-order chi connectivity index (χ1) is 8.26. The van der Waals surface area contributed by atoms with Gasteiger partial charge in [-0.25, -0.2) is 0 Å². The summed E-state index contributed by atoms with van der Waals surface area (Å²) in [4.78, 5) is 2.87. The lowest BCUT2D eigenvalue weighted by Gasteiger charge is -2.24. The summed E-state index contributed by atoms with van der Waals surface area (Å²) in [6.45, 7) is 0. The molecule has 0 saturated carbocycles. The van der Waals surface area contributed by atoms with Gasteiger partial charge >= 0.3 is 6.20 Å². The molecule has 4 heteroatoms. The molecule has 0 fully saturated rings. The van der Waals surface area contributed by atoms with Crippen LogP contribution in [0.5, 0.6) is 5.75 Å². The molecular formula is C13H15N2O2+. The van der Waals surface area contributed by atoms with E-state index in [4.69, 9.17) is 10.1 Å². The molecule has 88 valence electrons. The Hall–Kier alpha value is -2.02. The van der Waals surface area contributed by atoms with Crippen molar-refractivity contribution in [1.82, 2.24) is 0 Å². The van der Waals surface area contributed by atoms with Gasteiger partial charge in [-0.2, -0.15) is 0 Å². The van der Waals surface area contributed by atoms with Crippen molar-refractivity contribution in [3.05, 3.63) is 46.3 Å². The summed E-state index contributed by atoms with van der Waals surface area (Å²) in [5, 5.41) is 18.2. The molecule has 17 heavy (non-hydrogen) atoms. The van der Waals surface area contributed by atoms with Crippen LogP contribution in [0.3, 0.4) is 0 Å². The number of diazo groups is 1. The molecule has 1 unspecified atom stereocenters. The van der Waals surface area contributed by atoms with E-state index in [0.29, 0.717) is 0 Å². The van der Waals surface area contributed by atoms with Gasteiger partial charge in [-0.1, -0.05) is 12.1 Å². The fourth-order valence-corrected chi connectivity index (χ4v) is 2.36. The molecule has 0 heterocycles. The lowest BCUT2D eigenvalue weighted by molar-refractivity contribution is 0.306. The highest BCUT2D eigenvalue weighted by Gasteiger charge is 2.25. The molecule has 0 aromatic heterocycles. The molecule has 1 aliphatic rings. The number of benzene rings is 1. The Morgan fingerprint density at radius 2 is 2.41 bits per heavy atom. The Balaban J connectivity index is 2.29. The van der Waals surface area contributed by atoms with E-state index < -0.39 is 0 Å². The third-order valence-corrected chi connectivity index (χ3v) is 3.27. The minimum Gasteiger partial charge on any atom is -0.505 e. The number of allylic oxidation sites excluding steroid dienone is 1. The minimum absolute atomic E-state index is 0.00898. The van der Waals surface area contributed by atoms with E-state index in [-0.39, 0.29) is 11.7 Å². The molecule has 0 amide bonds. The second-order valence-electron chi connectivity index (χ2n) is 4.21. The number of ether oxygens (including phenoxy) is 1. The second-order valence-corrected chi connectivity index (χ2v) is 4.21. The van der Waals surface area contributed by atoms with Crippen LogP contribution in [0.1, 0.15) is 17.5 Å². The zero-order chi connectivity index (χ0) is 12.3. The van der Waals surface area contributed by atoms with Crippen LogP contribution < -0.4 is 4.74 Å². The zero-order valence-electron chi connectivity index (χ0n) is 9.76. The molecular weight excluding hydrogens is 216 g/mol. The Morgan fingerprint density at radius 1 is 1.59 bits per heavy atom.